The Morgan fingerprint density at radius 3 is 2.80 bits per heavy atom. The first kappa shape index (κ1) is 15.1. The highest BCUT2D eigenvalue weighted by Gasteiger charge is 2.24. The van der Waals surface area contributed by atoms with Crippen LogP contribution in [0.2, 0.25) is 0 Å². The van der Waals surface area contributed by atoms with E-state index in [-0.39, 0.29) is 12.7 Å². The highest BCUT2D eigenvalue weighted by Crippen LogP contribution is 2.27. The van der Waals surface area contributed by atoms with Gasteiger partial charge in [0.1, 0.15) is 5.75 Å². The van der Waals surface area contributed by atoms with Gasteiger partial charge in [0.2, 0.25) is 0 Å². The van der Waals surface area contributed by atoms with Crippen molar-refractivity contribution in [1.82, 2.24) is 0 Å². The van der Waals surface area contributed by atoms with Gasteiger partial charge in [0.05, 0.1) is 25.4 Å². The lowest BCUT2D eigenvalue weighted by Gasteiger charge is -2.32. The van der Waals surface area contributed by atoms with Gasteiger partial charge in [-0.05, 0) is 38.0 Å². The van der Waals surface area contributed by atoms with E-state index in [1.165, 1.54) is 12.8 Å². The standard InChI is InChI=1S/C16H25NO3/c1-3-20-15-9-8-13(10-12(15)11-18)17-14-6-4-5-7-16(14)19-2/h8-10,14,16-18H,3-7,11H2,1-2H3. The number of hydrogen-bond donors (Lipinski definition) is 2. The molecule has 0 amide bonds. The largest absolute Gasteiger partial charge is 0.494 e. The van der Waals surface area contributed by atoms with Gasteiger partial charge in [-0.2, -0.15) is 0 Å². The maximum atomic E-state index is 9.44. The normalized spacial score (nSPS) is 22.6. The van der Waals surface area contributed by atoms with Crippen LogP contribution in [0.3, 0.4) is 0 Å². The zero-order valence-corrected chi connectivity index (χ0v) is 12.4. The molecule has 0 saturated heterocycles. The van der Waals surface area contributed by atoms with Crippen LogP contribution < -0.4 is 10.1 Å². The summed E-state index contributed by atoms with van der Waals surface area (Å²) in [6.07, 6.45) is 4.98. The molecule has 1 aliphatic rings. The Bertz CT molecular complexity index is 422. The van der Waals surface area contributed by atoms with Gasteiger partial charge in [0.25, 0.3) is 0 Å². The molecule has 1 fully saturated rings. The van der Waals surface area contributed by atoms with Crippen LogP contribution in [0.15, 0.2) is 18.2 Å². The first-order chi connectivity index (χ1) is 9.78. The third kappa shape index (κ3) is 3.64. The lowest BCUT2D eigenvalue weighted by atomic mass is 9.92. The molecular weight excluding hydrogens is 254 g/mol. The predicted molar refractivity (Wildman–Crippen MR) is 80.2 cm³/mol. The van der Waals surface area contributed by atoms with E-state index in [1.807, 2.05) is 25.1 Å². The lowest BCUT2D eigenvalue weighted by molar-refractivity contribution is 0.0606. The summed E-state index contributed by atoms with van der Waals surface area (Å²) in [6, 6.07) is 6.23. The highest BCUT2D eigenvalue weighted by atomic mass is 16.5. The molecule has 0 spiro atoms. The fourth-order valence-electron chi connectivity index (χ4n) is 2.85. The molecule has 20 heavy (non-hydrogen) atoms. The number of benzene rings is 1. The summed E-state index contributed by atoms with van der Waals surface area (Å²) < 4.78 is 11.1. The molecule has 2 atom stereocenters. The SMILES string of the molecule is CCOc1ccc(NC2CCCCC2OC)cc1CO. The van der Waals surface area contributed by atoms with Gasteiger partial charge in [0.15, 0.2) is 0 Å². The van der Waals surface area contributed by atoms with Crippen molar-refractivity contribution in [2.24, 2.45) is 0 Å². The van der Waals surface area contributed by atoms with Crippen LogP contribution in [-0.2, 0) is 11.3 Å². The van der Waals surface area contributed by atoms with Crippen molar-refractivity contribution in [3.8, 4) is 5.75 Å². The van der Waals surface area contributed by atoms with Crippen LogP contribution in [0, 0.1) is 0 Å². The van der Waals surface area contributed by atoms with E-state index in [9.17, 15) is 5.11 Å². The molecule has 0 bridgehead atoms. The predicted octanol–water partition coefficient (Wildman–Crippen LogP) is 2.95. The molecule has 1 saturated carbocycles. The molecule has 4 heteroatoms. The Morgan fingerprint density at radius 2 is 2.10 bits per heavy atom. The minimum atomic E-state index is -0.0107. The Balaban J connectivity index is 2.08. The molecule has 1 aromatic rings. The van der Waals surface area contributed by atoms with Crippen LogP contribution in [-0.4, -0.2) is 31.0 Å². The van der Waals surface area contributed by atoms with Crippen molar-refractivity contribution in [1.29, 1.82) is 0 Å². The first-order valence-electron chi connectivity index (χ1n) is 7.44. The fraction of sp³-hybridized carbons (Fsp3) is 0.625. The molecule has 2 N–H and O–H groups in total. The van der Waals surface area contributed by atoms with Crippen LogP contribution >= 0.6 is 0 Å². The highest BCUT2D eigenvalue weighted by molar-refractivity contribution is 5.51. The topological polar surface area (TPSA) is 50.7 Å². The summed E-state index contributed by atoms with van der Waals surface area (Å²) in [5, 5.41) is 13.0. The molecule has 0 radical (unpaired) electrons. The maximum absolute atomic E-state index is 9.44. The van der Waals surface area contributed by atoms with Gasteiger partial charge in [-0.3, -0.25) is 0 Å². The van der Waals surface area contributed by atoms with Crippen molar-refractivity contribution >= 4 is 5.69 Å². The third-order valence-corrected chi connectivity index (χ3v) is 3.89. The van der Waals surface area contributed by atoms with Crippen molar-refractivity contribution in [2.75, 3.05) is 19.0 Å². The van der Waals surface area contributed by atoms with Gasteiger partial charge in [-0.1, -0.05) is 12.8 Å². The Hall–Kier alpha value is -1.26. The quantitative estimate of drug-likeness (QED) is 0.840. The monoisotopic (exact) mass is 279 g/mol. The smallest absolute Gasteiger partial charge is 0.124 e. The average Bonchev–Trinajstić information content (AvgIpc) is 2.49. The molecule has 0 aliphatic heterocycles. The zero-order chi connectivity index (χ0) is 14.4. The summed E-state index contributed by atoms with van der Waals surface area (Å²) in [4.78, 5) is 0. The molecule has 2 rings (SSSR count). The molecule has 2 unspecified atom stereocenters. The van der Waals surface area contributed by atoms with Crippen molar-refractivity contribution in [3.63, 3.8) is 0 Å². The van der Waals surface area contributed by atoms with Crippen LogP contribution in [0.25, 0.3) is 0 Å². The number of aliphatic hydroxyl groups is 1. The molecule has 0 aromatic heterocycles. The third-order valence-electron chi connectivity index (χ3n) is 3.89. The second-order valence-electron chi connectivity index (χ2n) is 5.22. The van der Waals surface area contributed by atoms with E-state index in [0.29, 0.717) is 12.6 Å². The van der Waals surface area contributed by atoms with Crippen molar-refractivity contribution in [2.45, 2.75) is 51.4 Å². The number of anilines is 1. The van der Waals surface area contributed by atoms with Crippen molar-refractivity contribution < 1.29 is 14.6 Å². The summed E-state index contributed by atoms with van der Waals surface area (Å²) in [5.41, 5.74) is 1.84. The Labute approximate surface area is 121 Å². The minimum absolute atomic E-state index is 0.0107. The summed E-state index contributed by atoms with van der Waals surface area (Å²) in [7, 11) is 1.78. The van der Waals surface area contributed by atoms with Gasteiger partial charge in [0, 0.05) is 18.4 Å². The van der Waals surface area contributed by atoms with E-state index in [0.717, 1.165) is 29.8 Å². The lowest BCUT2D eigenvalue weighted by Crippen LogP contribution is -2.37. The van der Waals surface area contributed by atoms with Gasteiger partial charge < -0.3 is 19.9 Å². The van der Waals surface area contributed by atoms with E-state index in [1.54, 1.807) is 7.11 Å². The van der Waals surface area contributed by atoms with Gasteiger partial charge >= 0.3 is 0 Å². The number of ether oxygens (including phenoxy) is 2. The number of methoxy groups -OCH3 is 1. The summed E-state index contributed by atoms with van der Waals surface area (Å²) in [6.45, 7) is 2.54. The Kier molecular flexibility index (Phi) is 5.68. The number of rotatable bonds is 6. The fourth-order valence-corrected chi connectivity index (χ4v) is 2.85. The van der Waals surface area contributed by atoms with E-state index in [4.69, 9.17) is 9.47 Å². The summed E-state index contributed by atoms with van der Waals surface area (Å²) >= 11 is 0. The van der Waals surface area contributed by atoms with Crippen LogP contribution in [0.4, 0.5) is 5.69 Å². The maximum Gasteiger partial charge on any atom is 0.124 e. The second-order valence-corrected chi connectivity index (χ2v) is 5.22. The molecule has 1 aromatic carbocycles. The van der Waals surface area contributed by atoms with Gasteiger partial charge in [-0.25, -0.2) is 0 Å². The van der Waals surface area contributed by atoms with E-state index >= 15 is 0 Å². The Morgan fingerprint density at radius 1 is 1.30 bits per heavy atom. The number of nitrogens with one attached hydrogen (secondary N) is 1. The average molecular weight is 279 g/mol. The van der Waals surface area contributed by atoms with Crippen molar-refractivity contribution in [3.05, 3.63) is 23.8 Å². The molecular formula is C16H25NO3. The van der Waals surface area contributed by atoms with Crippen LogP contribution in [0.5, 0.6) is 5.75 Å². The number of hydrogen-bond acceptors (Lipinski definition) is 4. The molecule has 4 nitrogen and oxygen atoms in total. The van der Waals surface area contributed by atoms with E-state index in [2.05, 4.69) is 5.32 Å². The number of aliphatic hydroxyl groups excluding tert-OH is 1. The zero-order valence-electron chi connectivity index (χ0n) is 12.4. The minimum Gasteiger partial charge on any atom is -0.494 e. The second kappa shape index (κ2) is 7.50. The van der Waals surface area contributed by atoms with Gasteiger partial charge in [-0.15, -0.1) is 0 Å². The van der Waals surface area contributed by atoms with E-state index < -0.39 is 0 Å². The first-order valence-corrected chi connectivity index (χ1v) is 7.44. The molecule has 0 heterocycles. The summed E-state index contributed by atoms with van der Waals surface area (Å²) in [5.74, 6) is 0.757. The van der Waals surface area contributed by atoms with Crippen LogP contribution in [0.1, 0.15) is 38.2 Å². The molecule has 1 aliphatic carbocycles. The molecule has 112 valence electrons.